The molecule has 0 saturated carbocycles. The van der Waals surface area contributed by atoms with Crippen LogP contribution in [0.25, 0.3) is 0 Å². The molecular formula is C14H14F3N3O3. The van der Waals surface area contributed by atoms with E-state index in [1.807, 2.05) is 0 Å². The van der Waals surface area contributed by atoms with Gasteiger partial charge >= 0.3 is 12.5 Å². The van der Waals surface area contributed by atoms with Gasteiger partial charge in [-0.05, 0) is 24.1 Å². The maximum Gasteiger partial charge on any atom is 0.573 e. The monoisotopic (exact) mass is 329 g/mol. The van der Waals surface area contributed by atoms with Crippen LogP contribution in [0.1, 0.15) is 23.6 Å². The number of H-pyrrole nitrogens is 1. The van der Waals surface area contributed by atoms with Crippen molar-refractivity contribution in [2.75, 3.05) is 6.54 Å². The number of amides is 1. The Bertz CT molecular complexity index is 627. The molecule has 0 radical (unpaired) electrons. The molecule has 23 heavy (non-hydrogen) atoms. The Labute approximate surface area is 129 Å². The number of alkyl halides is 3. The van der Waals surface area contributed by atoms with E-state index in [2.05, 4.69) is 20.0 Å². The first-order chi connectivity index (χ1) is 10.8. The standard InChI is InChI=1S/C14H14F3N3O3/c15-14(16,17)23-10-3-1-9(2-4-10)11(5-6-19-13(21)22)12-7-18-8-20-12/h1-4,7-8,11,19H,5-6H2,(H,18,20)(H,21,22). The lowest BCUT2D eigenvalue weighted by Crippen LogP contribution is -2.23. The number of benzene rings is 1. The van der Waals surface area contributed by atoms with E-state index in [1.54, 1.807) is 6.20 Å². The van der Waals surface area contributed by atoms with Crippen LogP contribution >= 0.6 is 0 Å². The first-order valence-electron chi connectivity index (χ1n) is 6.66. The van der Waals surface area contributed by atoms with E-state index in [9.17, 15) is 18.0 Å². The summed E-state index contributed by atoms with van der Waals surface area (Å²) in [6.45, 7) is 0.188. The minimum atomic E-state index is -4.74. The number of ether oxygens (including phenoxy) is 1. The van der Waals surface area contributed by atoms with Crippen molar-refractivity contribution in [2.45, 2.75) is 18.7 Å². The van der Waals surface area contributed by atoms with Crippen LogP contribution < -0.4 is 10.1 Å². The second kappa shape index (κ2) is 7.03. The van der Waals surface area contributed by atoms with Gasteiger partial charge in [0.1, 0.15) is 5.75 Å². The van der Waals surface area contributed by atoms with Crippen molar-refractivity contribution in [1.29, 1.82) is 0 Å². The Kier molecular flexibility index (Phi) is 5.09. The molecule has 124 valence electrons. The Morgan fingerprint density at radius 2 is 2.04 bits per heavy atom. The Morgan fingerprint density at radius 1 is 1.35 bits per heavy atom. The average Bonchev–Trinajstić information content (AvgIpc) is 2.97. The van der Waals surface area contributed by atoms with Crippen LogP contribution in [0.3, 0.4) is 0 Å². The predicted molar refractivity (Wildman–Crippen MR) is 74.2 cm³/mol. The molecule has 3 N–H and O–H groups in total. The van der Waals surface area contributed by atoms with Gasteiger partial charge in [-0.15, -0.1) is 13.2 Å². The molecule has 1 aromatic carbocycles. The molecule has 0 aliphatic rings. The summed E-state index contributed by atoms with van der Waals surface area (Å²) in [6.07, 6.45) is -2.33. The van der Waals surface area contributed by atoms with E-state index in [1.165, 1.54) is 30.6 Å². The van der Waals surface area contributed by atoms with E-state index in [4.69, 9.17) is 5.11 Å². The summed E-state index contributed by atoms with van der Waals surface area (Å²) >= 11 is 0. The van der Waals surface area contributed by atoms with Crippen molar-refractivity contribution in [3.8, 4) is 5.75 Å². The molecule has 0 bridgehead atoms. The molecule has 6 nitrogen and oxygen atoms in total. The summed E-state index contributed by atoms with van der Waals surface area (Å²) < 4.78 is 40.3. The zero-order valence-corrected chi connectivity index (χ0v) is 11.8. The van der Waals surface area contributed by atoms with Gasteiger partial charge < -0.3 is 20.1 Å². The van der Waals surface area contributed by atoms with Crippen molar-refractivity contribution >= 4 is 6.09 Å². The van der Waals surface area contributed by atoms with Crippen LogP contribution in [0.4, 0.5) is 18.0 Å². The molecule has 2 aromatic rings. The highest BCUT2D eigenvalue weighted by molar-refractivity contribution is 5.64. The van der Waals surface area contributed by atoms with Crippen molar-refractivity contribution in [3.63, 3.8) is 0 Å². The van der Waals surface area contributed by atoms with Gasteiger partial charge in [-0.3, -0.25) is 0 Å². The largest absolute Gasteiger partial charge is 0.573 e. The third kappa shape index (κ3) is 5.20. The molecule has 0 aliphatic carbocycles. The predicted octanol–water partition coefficient (Wildman–Crippen LogP) is 3.10. The molecule has 0 saturated heterocycles. The molecule has 2 rings (SSSR count). The molecular weight excluding hydrogens is 315 g/mol. The number of aromatic amines is 1. The lowest BCUT2D eigenvalue weighted by Gasteiger charge is -2.16. The van der Waals surface area contributed by atoms with E-state index in [0.717, 1.165) is 0 Å². The van der Waals surface area contributed by atoms with Gasteiger partial charge in [0.2, 0.25) is 0 Å². The minimum Gasteiger partial charge on any atom is -0.465 e. The van der Waals surface area contributed by atoms with Crippen LogP contribution in [-0.2, 0) is 0 Å². The number of hydrogen-bond donors (Lipinski definition) is 3. The summed E-state index contributed by atoms with van der Waals surface area (Å²) in [6, 6.07) is 5.43. The van der Waals surface area contributed by atoms with Crippen molar-refractivity contribution in [2.24, 2.45) is 0 Å². The normalized spacial score (nSPS) is 12.7. The number of imidazole rings is 1. The van der Waals surface area contributed by atoms with Gasteiger partial charge in [0.25, 0.3) is 0 Å². The Balaban J connectivity index is 2.13. The number of nitrogens with one attached hydrogen (secondary N) is 2. The topological polar surface area (TPSA) is 87.2 Å². The van der Waals surface area contributed by atoms with Crippen LogP contribution in [0.15, 0.2) is 36.8 Å². The van der Waals surface area contributed by atoms with Crippen LogP contribution in [0.2, 0.25) is 0 Å². The second-order valence-corrected chi connectivity index (χ2v) is 4.68. The summed E-state index contributed by atoms with van der Waals surface area (Å²) in [5, 5.41) is 10.9. The number of carboxylic acid groups (broad SMARTS) is 1. The van der Waals surface area contributed by atoms with Gasteiger partial charge in [-0.2, -0.15) is 0 Å². The second-order valence-electron chi connectivity index (χ2n) is 4.68. The molecule has 1 aromatic heterocycles. The number of rotatable bonds is 6. The molecule has 1 heterocycles. The molecule has 1 unspecified atom stereocenters. The highest BCUT2D eigenvalue weighted by atomic mass is 19.4. The number of aromatic nitrogens is 2. The molecule has 0 spiro atoms. The van der Waals surface area contributed by atoms with Crippen molar-refractivity contribution in [1.82, 2.24) is 15.3 Å². The highest BCUT2D eigenvalue weighted by Gasteiger charge is 2.31. The third-order valence-corrected chi connectivity index (χ3v) is 3.10. The zero-order valence-electron chi connectivity index (χ0n) is 11.8. The lowest BCUT2D eigenvalue weighted by molar-refractivity contribution is -0.274. The smallest absolute Gasteiger partial charge is 0.465 e. The van der Waals surface area contributed by atoms with Crippen LogP contribution in [0, 0.1) is 0 Å². The van der Waals surface area contributed by atoms with Crippen molar-refractivity contribution < 1.29 is 27.8 Å². The van der Waals surface area contributed by atoms with Crippen LogP contribution in [0.5, 0.6) is 5.75 Å². The van der Waals surface area contributed by atoms with Gasteiger partial charge in [0, 0.05) is 18.7 Å². The number of halogens is 3. The first-order valence-corrected chi connectivity index (χ1v) is 6.66. The fourth-order valence-corrected chi connectivity index (χ4v) is 2.17. The minimum absolute atomic E-state index is 0.188. The third-order valence-electron chi connectivity index (χ3n) is 3.10. The van der Waals surface area contributed by atoms with Crippen molar-refractivity contribution in [3.05, 3.63) is 48.0 Å². The first kappa shape index (κ1) is 16.7. The molecule has 9 heteroatoms. The number of hydrogen-bond acceptors (Lipinski definition) is 3. The van der Waals surface area contributed by atoms with E-state index in [-0.39, 0.29) is 18.2 Å². The maximum absolute atomic E-state index is 12.2. The average molecular weight is 329 g/mol. The lowest BCUT2D eigenvalue weighted by atomic mass is 9.93. The van der Waals surface area contributed by atoms with Gasteiger partial charge in [0.05, 0.1) is 12.0 Å². The van der Waals surface area contributed by atoms with Gasteiger partial charge in [0.15, 0.2) is 0 Å². The van der Waals surface area contributed by atoms with E-state index >= 15 is 0 Å². The molecule has 1 atom stereocenters. The van der Waals surface area contributed by atoms with Gasteiger partial charge in [-0.25, -0.2) is 9.78 Å². The SMILES string of the molecule is O=C(O)NCCC(c1ccc(OC(F)(F)F)cc1)c1c[nH]cn1. The molecule has 0 fully saturated rings. The zero-order chi connectivity index (χ0) is 16.9. The maximum atomic E-state index is 12.2. The summed E-state index contributed by atoms with van der Waals surface area (Å²) in [5.41, 5.74) is 1.38. The Morgan fingerprint density at radius 3 is 2.57 bits per heavy atom. The molecule has 0 aliphatic heterocycles. The fraction of sp³-hybridized carbons (Fsp3) is 0.286. The Hall–Kier alpha value is -2.71. The molecule has 1 amide bonds. The quantitative estimate of drug-likeness (QED) is 0.760. The number of carbonyl (C=O) groups is 1. The van der Waals surface area contributed by atoms with E-state index < -0.39 is 12.5 Å². The highest BCUT2D eigenvalue weighted by Crippen LogP contribution is 2.29. The number of nitrogens with zero attached hydrogens (tertiary/aromatic N) is 1. The van der Waals surface area contributed by atoms with Gasteiger partial charge in [-0.1, -0.05) is 12.1 Å². The van der Waals surface area contributed by atoms with Crippen LogP contribution in [-0.4, -0.2) is 34.1 Å². The summed E-state index contributed by atoms with van der Waals surface area (Å²) in [4.78, 5) is 17.5. The summed E-state index contributed by atoms with van der Waals surface area (Å²) in [5.74, 6) is -0.571. The summed E-state index contributed by atoms with van der Waals surface area (Å²) in [7, 11) is 0. The fourth-order valence-electron chi connectivity index (χ4n) is 2.17. The van der Waals surface area contributed by atoms with E-state index in [0.29, 0.717) is 17.7 Å².